The van der Waals surface area contributed by atoms with E-state index in [4.69, 9.17) is 5.73 Å². The minimum Gasteiger partial charge on any atom is -0.351 e. The summed E-state index contributed by atoms with van der Waals surface area (Å²) in [6, 6.07) is -0.667. The molecular weight excluding hydrogens is 350 g/mol. The van der Waals surface area contributed by atoms with Gasteiger partial charge in [-0.1, -0.05) is 43.9 Å². The first kappa shape index (κ1) is 18.7. The molecule has 1 atom stereocenters. The molecule has 0 unspecified atom stereocenters. The van der Waals surface area contributed by atoms with E-state index >= 15 is 0 Å². The fourth-order valence-electron chi connectivity index (χ4n) is 2.11. The van der Waals surface area contributed by atoms with Gasteiger partial charge in [0.25, 0.3) is 0 Å². The first-order valence-corrected chi connectivity index (χ1v) is 9.45. The van der Waals surface area contributed by atoms with Gasteiger partial charge in [-0.2, -0.15) is 0 Å². The average molecular weight is 371 g/mol. The van der Waals surface area contributed by atoms with Crippen LogP contribution in [-0.4, -0.2) is 39.3 Å². The molecule has 3 N–H and O–H groups in total. The summed E-state index contributed by atoms with van der Waals surface area (Å²) in [6.07, 6.45) is 2.36. The van der Waals surface area contributed by atoms with Gasteiger partial charge in [0.15, 0.2) is 4.34 Å². The van der Waals surface area contributed by atoms with Crippen LogP contribution in [-0.2, 0) is 9.59 Å². The number of nitrogens with one attached hydrogen (secondary N) is 1. The highest BCUT2D eigenvalue weighted by molar-refractivity contribution is 8.02. The summed E-state index contributed by atoms with van der Waals surface area (Å²) in [4.78, 5) is 36.8. The zero-order valence-corrected chi connectivity index (χ0v) is 15.4. The Morgan fingerprint density at radius 2 is 2.04 bits per heavy atom. The Bertz CT molecular complexity index is 630. The van der Waals surface area contributed by atoms with Gasteiger partial charge in [0.05, 0.1) is 5.25 Å². The van der Waals surface area contributed by atoms with Gasteiger partial charge in [-0.25, -0.2) is 4.79 Å². The number of rotatable bonds is 7. The van der Waals surface area contributed by atoms with Gasteiger partial charge < -0.3 is 5.73 Å². The number of thioether (sulfide) groups is 1. The number of nitrogens with two attached hydrogens (primary N) is 1. The van der Waals surface area contributed by atoms with Crippen LogP contribution in [0.4, 0.5) is 9.93 Å². The molecule has 132 valence electrons. The summed E-state index contributed by atoms with van der Waals surface area (Å²) in [6.45, 7) is 5.56. The smallest absolute Gasteiger partial charge is 0.318 e. The molecule has 0 bridgehead atoms. The highest BCUT2D eigenvalue weighted by atomic mass is 32.2. The molecule has 24 heavy (non-hydrogen) atoms. The molecule has 1 heterocycles. The van der Waals surface area contributed by atoms with Crippen LogP contribution in [0, 0.1) is 5.92 Å². The van der Waals surface area contributed by atoms with Crippen LogP contribution in [0.15, 0.2) is 4.34 Å². The van der Waals surface area contributed by atoms with Crippen LogP contribution < -0.4 is 16.0 Å². The quantitative estimate of drug-likeness (QED) is 0.557. The Kier molecular flexibility index (Phi) is 6.16. The van der Waals surface area contributed by atoms with E-state index < -0.39 is 17.2 Å². The largest absolute Gasteiger partial charge is 0.351 e. The van der Waals surface area contributed by atoms with Gasteiger partial charge in [0.2, 0.25) is 16.9 Å². The molecule has 10 heteroatoms. The highest BCUT2D eigenvalue weighted by Gasteiger charge is 2.35. The summed E-state index contributed by atoms with van der Waals surface area (Å²) in [7, 11) is 0. The van der Waals surface area contributed by atoms with Gasteiger partial charge in [0.1, 0.15) is 0 Å². The van der Waals surface area contributed by atoms with Crippen LogP contribution in [0.1, 0.15) is 40.0 Å². The second-order valence-electron chi connectivity index (χ2n) is 5.83. The van der Waals surface area contributed by atoms with Gasteiger partial charge in [0, 0.05) is 12.5 Å². The molecule has 1 fully saturated rings. The zero-order chi connectivity index (χ0) is 17.9. The number of hydrogen-bond acceptors (Lipinski definition) is 7. The summed E-state index contributed by atoms with van der Waals surface area (Å²) in [5.41, 5.74) is 5.01. The topological polar surface area (TPSA) is 118 Å². The van der Waals surface area contributed by atoms with E-state index in [-0.39, 0.29) is 17.9 Å². The van der Waals surface area contributed by atoms with E-state index in [0.717, 1.165) is 12.8 Å². The lowest BCUT2D eigenvalue weighted by Crippen LogP contribution is -2.42. The zero-order valence-electron chi connectivity index (χ0n) is 13.8. The van der Waals surface area contributed by atoms with Gasteiger partial charge >= 0.3 is 6.03 Å². The molecule has 0 radical (unpaired) electrons. The van der Waals surface area contributed by atoms with Crippen LogP contribution in [0.25, 0.3) is 0 Å². The predicted octanol–water partition coefficient (Wildman–Crippen LogP) is 1.76. The Morgan fingerprint density at radius 1 is 1.38 bits per heavy atom. The third-order valence-electron chi connectivity index (χ3n) is 3.42. The lowest BCUT2D eigenvalue weighted by atomic mass is 10.1. The Morgan fingerprint density at radius 3 is 2.54 bits per heavy atom. The fraction of sp³-hybridized carbons (Fsp3) is 0.643. The fourth-order valence-corrected chi connectivity index (χ4v) is 4.25. The van der Waals surface area contributed by atoms with Gasteiger partial charge in [-0.05, 0) is 18.8 Å². The second-order valence-corrected chi connectivity index (χ2v) is 8.18. The monoisotopic (exact) mass is 371 g/mol. The van der Waals surface area contributed by atoms with Crippen molar-refractivity contribution in [3.8, 4) is 0 Å². The average Bonchev–Trinajstić information content (AvgIpc) is 3.22. The molecule has 0 aromatic carbocycles. The molecule has 1 aliphatic carbocycles. The number of nitrogens with zero attached hydrogens (tertiary/aromatic N) is 3. The molecular formula is C14H21N5O3S2. The summed E-state index contributed by atoms with van der Waals surface area (Å²) in [5.74, 6) is -0.460. The maximum atomic E-state index is 12.1. The number of urea groups is 1. The van der Waals surface area contributed by atoms with Crippen LogP contribution in [0.2, 0.25) is 0 Å². The molecule has 0 spiro atoms. The number of hydrogen-bond donors (Lipinski definition) is 2. The summed E-state index contributed by atoms with van der Waals surface area (Å²) in [5, 5.41) is 10.3. The third kappa shape index (κ3) is 4.67. The molecule has 2 rings (SSSR count). The number of carbonyl (C=O) groups is 3. The molecule has 8 nitrogen and oxygen atoms in total. The standard InChI is InChI=1S/C14H21N5O3S2/c1-4-9(20)19(8-5-6-8)13-17-18-14(24-13)23-10(7(2)3)11(21)16-12(15)22/h7-8,10H,4-6H2,1-3H3,(H3,15,16,21,22)/t10-/m0/s1. The SMILES string of the molecule is CCC(=O)N(c1nnc(S[C@H](C(=O)NC(N)=O)C(C)C)s1)C1CC1. The van der Waals surface area contributed by atoms with Gasteiger partial charge in [-0.3, -0.25) is 19.8 Å². The first-order chi connectivity index (χ1) is 11.3. The van der Waals surface area contributed by atoms with Crippen molar-refractivity contribution in [2.24, 2.45) is 11.7 Å². The van der Waals surface area contributed by atoms with Crippen molar-refractivity contribution in [2.45, 2.75) is 55.7 Å². The molecule has 1 saturated carbocycles. The maximum Gasteiger partial charge on any atom is 0.318 e. The normalized spacial score (nSPS) is 15.2. The molecule has 0 aliphatic heterocycles. The Hall–Kier alpha value is -1.68. The van der Waals surface area contributed by atoms with E-state index in [0.29, 0.717) is 15.9 Å². The maximum absolute atomic E-state index is 12.1. The predicted molar refractivity (Wildman–Crippen MR) is 92.9 cm³/mol. The lowest BCUT2D eigenvalue weighted by molar-refractivity contribution is -0.120. The molecule has 1 aromatic heterocycles. The number of primary amides is 1. The van der Waals surface area contributed by atoms with Gasteiger partial charge in [-0.15, -0.1) is 10.2 Å². The number of anilines is 1. The molecule has 4 amide bonds. The van der Waals surface area contributed by atoms with E-state index in [2.05, 4.69) is 15.5 Å². The molecule has 0 saturated heterocycles. The van der Waals surface area contributed by atoms with E-state index in [9.17, 15) is 14.4 Å². The van der Waals surface area contributed by atoms with Crippen molar-refractivity contribution in [1.29, 1.82) is 0 Å². The third-order valence-corrected chi connectivity index (χ3v) is 5.97. The Labute approximate surface area is 148 Å². The van der Waals surface area contributed by atoms with Crippen LogP contribution >= 0.6 is 23.1 Å². The molecule has 1 aromatic rings. The number of imide groups is 1. The number of amides is 4. The van der Waals surface area contributed by atoms with Crippen LogP contribution in [0.5, 0.6) is 0 Å². The first-order valence-electron chi connectivity index (χ1n) is 7.76. The van der Waals surface area contributed by atoms with Crippen molar-refractivity contribution in [3.63, 3.8) is 0 Å². The minimum absolute atomic E-state index is 0.0251. The van der Waals surface area contributed by atoms with Crippen molar-refractivity contribution in [3.05, 3.63) is 0 Å². The Balaban J connectivity index is 2.12. The van der Waals surface area contributed by atoms with E-state index in [1.54, 1.807) is 4.90 Å². The van der Waals surface area contributed by atoms with E-state index in [1.807, 2.05) is 20.8 Å². The minimum atomic E-state index is -0.877. The van der Waals surface area contributed by atoms with Crippen molar-refractivity contribution in [2.75, 3.05) is 4.90 Å². The summed E-state index contributed by atoms with van der Waals surface area (Å²) >= 11 is 2.51. The van der Waals surface area contributed by atoms with E-state index in [1.165, 1.54) is 23.1 Å². The summed E-state index contributed by atoms with van der Waals surface area (Å²) < 4.78 is 0.581. The second kappa shape index (κ2) is 7.93. The number of carbonyl (C=O) groups excluding carboxylic acids is 3. The highest BCUT2D eigenvalue weighted by Crippen LogP contribution is 2.38. The lowest BCUT2D eigenvalue weighted by Gasteiger charge is -2.18. The molecule has 1 aliphatic rings. The number of aromatic nitrogens is 2. The van der Waals surface area contributed by atoms with Crippen molar-refractivity contribution < 1.29 is 14.4 Å². The van der Waals surface area contributed by atoms with Crippen molar-refractivity contribution >= 4 is 46.1 Å². The van der Waals surface area contributed by atoms with Crippen LogP contribution in [0.3, 0.4) is 0 Å². The van der Waals surface area contributed by atoms with Crippen molar-refractivity contribution in [1.82, 2.24) is 15.5 Å².